The maximum absolute atomic E-state index is 11.0. The molecule has 0 spiro atoms. The average Bonchev–Trinajstić information content (AvgIpc) is 3.16. The zero-order chi connectivity index (χ0) is 19.6. The number of phenolic OH excluding ortho intramolecular Hbond substituents is 1. The molecule has 2 heterocycles. The highest BCUT2D eigenvalue weighted by Gasteiger charge is 2.29. The molecule has 27 heavy (non-hydrogen) atoms. The number of nitrogens with zero attached hydrogens (tertiary/aromatic N) is 1. The van der Waals surface area contributed by atoms with E-state index < -0.39 is 0 Å². The molecule has 0 saturated carbocycles. The van der Waals surface area contributed by atoms with E-state index in [1.807, 2.05) is 30.5 Å². The molecule has 4 aromatic rings. The molecule has 0 aliphatic heterocycles. The van der Waals surface area contributed by atoms with Crippen LogP contribution in [-0.2, 0) is 10.8 Å². The van der Waals surface area contributed by atoms with Crippen LogP contribution in [-0.4, -0.2) is 15.1 Å². The van der Waals surface area contributed by atoms with Crippen molar-refractivity contribution in [1.82, 2.24) is 9.97 Å². The second-order valence-electron chi connectivity index (χ2n) is 9.26. The molecule has 0 radical (unpaired) electrons. The third-order valence-corrected chi connectivity index (χ3v) is 5.08. The Hall–Kier alpha value is -2.75. The molecule has 0 saturated heterocycles. The van der Waals surface area contributed by atoms with Crippen molar-refractivity contribution in [2.24, 2.45) is 0 Å². The van der Waals surface area contributed by atoms with Crippen LogP contribution in [0.5, 0.6) is 5.75 Å². The second kappa shape index (κ2) is 5.62. The molecule has 2 N–H and O–H groups in total. The summed E-state index contributed by atoms with van der Waals surface area (Å²) in [5, 5.41) is 12.0. The van der Waals surface area contributed by atoms with Crippen LogP contribution < -0.4 is 0 Å². The molecule has 140 valence electrons. The Morgan fingerprint density at radius 3 is 2.30 bits per heavy atom. The summed E-state index contributed by atoms with van der Waals surface area (Å²) < 4.78 is 6.14. The van der Waals surface area contributed by atoms with E-state index in [2.05, 4.69) is 52.6 Å². The van der Waals surface area contributed by atoms with Crippen molar-refractivity contribution in [3.63, 3.8) is 0 Å². The molecular formula is C23H26N2O2. The van der Waals surface area contributed by atoms with Gasteiger partial charge in [0.2, 0.25) is 5.89 Å². The lowest BCUT2D eigenvalue weighted by Crippen LogP contribution is -2.17. The summed E-state index contributed by atoms with van der Waals surface area (Å²) in [6.45, 7) is 12.8. The van der Waals surface area contributed by atoms with E-state index in [1.54, 1.807) is 0 Å². The summed E-state index contributed by atoms with van der Waals surface area (Å²) in [5.74, 6) is 0.707. The fourth-order valence-electron chi connectivity index (χ4n) is 3.57. The quantitative estimate of drug-likeness (QED) is 0.419. The van der Waals surface area contributed by atoms with Crippen LogP contribution in [0.25, 0.3) is 33.5 Å². The topological polar surface area (TPSA) is 62.0 Å². The minimum atomic E-state index is -0.202. The Kier molecular flexibility index (Phi) is 3.68. The van der Waals surface area contributed by atoms with E-state index in [9.17, 15) is 5.11 Å². The van der Waals surface area contributed by atoms with Crippen LogP contribution >= 0.6 is 0 Å². The summed E-state index contributed by atoms with van der Waals surface area (Å²) in [6, 6.07) is 10.1. The standard InChI is InChI=1S/C23H26N2O2/c1-22(2,3)15-11-16(23(4,5)6)19(26)20-18(15)25-21(27-20)14-12-24-17-10-8-7-9-13(14)17/h7-12,24,26H,1-6H3. The van der Waals surface area contributed by atoms with Crippen LogP contribution in [0.3, 0.4) is 0 Å². The minimum Gasteiger partial charge on any atom is -0.504 e. The van der Waals surface area contributed by atoms with Crippen LogP contribution in [0, 0.1) is 0 Å². The fraction of sp³-hybridized carbons (Fsp3) is 0.348. The Bertz CT molecular complexity index is 1150. The summed E-state index contributed by atoms with van der Waals surface area (Å²) in [5.41, 5.74) is 4.76. The average molecular weight is 362 g/mol. The highest BCUT2D eigenvalue weighted by atomic mass is 16.4. The van der Waals surface area contributed by atoms with Crippen LogP contribution in [0.2, 0.25) is 0 Å². The van der Waals surface area contributed by atoms with Gasteiger partial charge in [0, 0.05) is 22.7 Å². The number of para-hydroxylation sites is 1. The molecule has 0 aliphatic rings. The molecular weight excluding hydrogens is 336 g/mol. The third kappa shape index (κ3) is 2.80. The molecule has 2 aromatic heterocycles. The van der Waals surface area contributed by atoms with Gasteiger partial charge in [0.05, 0.1) is 5.56 Å². The number of rotatable bonds is 1. The van der Waals surface area contributed by atoms with E-state index in [0.717, 1.165) is 33.1 Å². The number of benzene rings is 2. The summed E-state index contributed by atoms with van der Waals surface area (Å²) in [7, 11) is 0. The van der Waals surface area contributed by atoms with Crippen molar-refractivity contribution < 1.29 is 9.52 Å². The molecule has 4 nitrogen and oxygen atoms in total. The van der Waals surface area contributed by atoms with Gasteiger partial charge >= 0.3 is 0 Å². The van der Waals surface area contributed by atoms with E-state index in [1.165, 1.54) is 0 Å². The monoisotopic (exact) mass is 362 g/mol. The van der Waals surface area contributed by atoms with Gasteiger partial charge in [0.15, 0.2) is 11.3 Å². The SMILES string of the molecule is CC(C)(C)c1cc(C(C)(C)C)c2nc(-c3c[nH]c4ccccc34)oc2c1O. The summed E-state index contributed by atoms with van der Waals surface area (Å²) >= 11 is 0. The molecule has 0 fully saturated rings. The van der Waals surface area contributed by atoms with E-state index in [4.69, 9.17) is 9.40 Å². The number of H-pyrrole nitrogens is 1. The highest BCUT2D eigenvalue weighted by Crippen LogP contribution is 2.43. The number of aromatic amines is 1. The molecule has 4 heteroatoms. The number of aromatic hydroxyl groups is 1. The number of hydrogen-bond acceptors (Lipinski definition) is 3. The Morgan fingerprint density at radius 2 is 1.63 bits per heavy atom. The number of aromatic nitrogens is 2. The zero-order valence-corrected chi connectivity index (χ0v) is 16.8. The Labute approximate surface area is 159 Å². The first kappa shape index (κ1) is 17.7. The maximum Gasteiger partial charge on any atom is 0.229 e. The van der Waals surface area contributed by atoms with Crippen molar-refractivity contribution in [3.8, 4) is 17.2 Å². The first-order valence-corrected chi connectivity index (χ1v) is 9.31. The van der Waals surface area contributed by atoms with E-state index in [0.29, 0.717) is 11.5 Å². The number of oxazole rings is 1. The van der Waals surface area contributed by atoms with Gasteiger partial charge in [0.1, 0.15) is 5.52 Å². The van der Waals surface area contributed by atoms with Crippen LogP contribution in [0.1, 0.15) is 52.7 Å². The van der Waals surface area contributed by atoms with Crippen LogP contribution in [0.4, 0.5) is 0 Å². The van der Waals surface area contributed by atoms with Gasteiger partial charge in [0.25, 0.3) is 0 Å². The lowest BCUT2D eigenvalue weighted by molar-refractivity contribution is 0.439. The molecule has 0 bridgehead atoms. The van der Waals surface area contributed by atoms with Crippen LogP contribution in [0.15, 0.2) is 40.9 Å². The molecule has 2 aromatic carbocycles. The molecule has 0 atom stereocenters. The number of nitrogens with one attached hydrogen (secondary N) is 1. The van der Waals surface area contributed by atoms with Gasteiger partial charge < -0.3 is 14.5 Å². The molecule has 0 amide bonds. The fourth-order valence-corrected chi connectivity index (χ4v) is 3.57. The molecule has 0 unspecified atom stereocenters. The smallest absolute Gasteiger partial charge is 0.229 e. The largest absolute Gasteiger partial charge is 0.504 e. The lowest BCUT2D eigenvalue weighted by Gasteiger charge is -2.25. The minimum absolute atomic E-state index is 0.125. The summed E-state index contributed by atoms with van der Waals surface area (Å²) in [6.07, 6.45) is 1.91. The first-order valence-electron chi connectivity index (χ1n) is 9.31. The Balaban J connectivity index is 2.05. The number of hydrogen-bond donors (Lipinski definition) is 2. The first-order chi connectivity index (χ1) is 12.6. The lowest BCUT2D eigenvalue weighted by atomic mass is 9.79. The zero-order valence-electron chi connectivity index (χ0n) is 16.8. The second-order valence-corrected chi connectivity index (χ2v) is 9.26. The van der Waals surface area contributed by atoms with Gasteiger partial charge in [-0.1, -0.05) is 59.7 Å². The maximum atomic E-state index is 11.0. The summed E-state index contributed by atoms with van der Waals surface area (Å²) in [4.78, 5) is 8.07. The molecule has 0 aliphatic carbocycles. The van der Waals surface area contributed by atoms with Gasteiger partial charge in [-0.05, 0) is 28.5 Å². The molecule has 4 rings (SSSR count). The Morgan fingerprint density at radius 1 is 0.963 bits per heavy atom. The predicted molar refractivity (Wildman–Crippen MR) is 110 cm³/mol. The van der Waals surface area contributed by atoms with Gasteiger partial charge in [-0.2, -0.15) is 0 Å². The normalized spacial score (nSPS) is 13.0. The van der Waals surface area contributed by atoms with Crippen molar-refractivity contribution in [2.45, 2.75) is 52.4 Å². The van der Waals surface area contributed by atoms with E-state index >= 15 is 0 Å². The highest BCUT2D eigenvalue weighted by molar-refractivity contribution is 5.95. The van der Waals surface area contributed by atoms with E-state index in [-0.39, 0.29) is 16.6 Å². The number of fused-ring (bicyclic) bond motifs is 2. The van der Waals surface area contributed by atoms with Gasteiger partial charge in [-0.25, -0.2) is 4.98 Å². The van der Waals surface area contributed by atoms with Crippen molar-refractivity contribution in [3.05, 3.63) is 47.7 Å². The van der Waals surface area contributed by atoms with Gasteiger partial charge in [-0.15, -0.1) is 0 Å². The van der Waals surface area contributed by atoms with Crippen molar-refractivity contribution in [2.75, 3.05) is 0 Å². The predicted octanol–water partition coefficient (Wildman–Crippen LogP) is 6.28. The van der Waals surface area contributed by atoms with Crippen molar-refractivity contribution >= 4 is 22.0 Å². The van der Waals surface area contributed by atoms with Crippen molar-refractivity contribution in [1.29, 1.82) is 0 Å². The third-order valence-electron chi connectivity index (χ3n) is 5.08. The number of phenols is 1. The van der Waals surface area contributed by atoms with Gasteiger partial charge in [-0.3, -0.25) is 0 Å².